The minimum absolute atomic E-state index is 0. The molecule has 0 aliphatic heterocycles. The van der Waals surface area contributed by atoms with Gasteiger partial charge in [-0.15, -0.1) is 12.4 Å². The highest BCUT2D eigenvalue weighted by molar-refractivity contribution is 7.98. The van der Waals surface area contributed by atoms with Crippen LogP contribution in [0.2, 0.25) is 0 Å². The van der Waals surface area contributed by atoms with Crippen LogP contribution in [0.5, 0.6) is 0 Å². The predicted molar refractivity (Wildman–Crippen MR) is 70.6 cm³/mol. The molecule has 94 valence electrons. The fraction of sp³-hybridized carbons (Fsp3) is 0.800. The van der Waals surface area contributed by atoms with Gasteiger partial charge < -0.3 is 9.84 Å². The predicted octanol–water partition coefficient (Wildman–Crippen LogP) is 2.11. The van der Waals surface area contributed by atoms with Gasteiger partial charge in [-0.3, -0.25) is 0 Å². The Hall–Kier alpha value is -0.260. The minimum atomic E-state index is 0. The summed E-state index contributed by atoms with van der Waals surface area (Å²) in [7, 11) is 1.93. The van der Waals surface area contributed by atoms with Gasteiger partial charge >= 0.3 is 0 Å². The maximum Gasteiger partial charge on any atom is 0.230 e. The van der Waals surface area contributed by atoms with Gasteiger partial charge in [-0.1, -0.05) is 12.1 Å². The topological polar surface area (TPSA) is 51.0 Å². The molecule has 0 bridgehead atoms. The van der Waals surface area contributed by atoms with E-state index in [0.29, 0.717) is 12.0 Å². The maximum absolute atomic E-state index is 5.22. The van der Waals surface area contributed by atoms with Crippen molar-refractivity contribution in [1.29, 1.82) is 0 Å². The second-order valence-electron chi connectivity index (χ2n) is 3.80. The monoisotopic (exact) mass is 265 g/mol. The van der Waals surface area contributed by atoms with E-state index in [-0.39, 0.29) is 12.4 Å². The SMILES string of the molecule is CNC(C)Cc1noc(C(C)CSC)n1.Cl. The first-order valence-corrected chi connectivity index (χ1v) is 6.55. The summed E-state index contributed by atoms with van der Waals surface area (Å²) in [5.41, 5.74) is 0. The summed E-state index contributed by atoms with van der Waals surface area (Å²) in [5.74, 6) is 2.90. The highest BCUT2D eigenvalue weighted by Gasteiger charge is 2.14. The molecule has 0 spiro atoms. The lowest BCUT2D eigenvalue weighted by Gasteiger charge is -2.05. The van der Waals surface area contributed by atoms with Crippen LogP contribution in [0.1, 0.15) is 31.5 Å². The van der Waals surface area contributed by atoms with E-state index in [9.17, 15) is 0 Å². The fourth-order valence-corrected chi connectivity index (χ4v) is 1.89. The number of rotatable bonds is 6. The number of aromatic nitrogens is 2. The second-order valence-corrected chi connectivity index (χ2v) is 4.71. The van der Waals surface area contributed by atoms with E-state index in [1.807, 2.05) is 7.05 Å². The summed E-state index contributed by atoms with van der Waals surface area (Å²) in [6.07, 6.45) is 2.89. The third-order valence-corrected chi connectivity index (χ3v) is 3.14. The van der Waals surface area contributed by atoms with E-state index in [1.165, 1.54) is 0 Å². The Morgan fingerprint density at radius 3 is 2.69 bits per heavy atom. The number of nitrogens with zero attached hydrogens (tertiary/aromatic N) is 2. The molecule has 4 nitrogen and oxygen atoms in total. The lowest BCUT2D eigenvalue weighted by atomic mass is 10.2. The molecule has 1 N–H and O–H groups in total. The van der Waals surface area contributed by atoms with Gasteiger partial charge in [0.05, 0.1) is 0 Å². The zero-order valence-corrected chi connectivity index (χ0v) is 11.8. The van der Waals surface area contributed by atoms with Crippen molar-refractivity contribution >= 4 is 24.2 Å². The Morgan fingerprint density at radius 1 is 1.44 bits per heavy atom. The molecule has 2 atom stereocenters. The number of hydrogen-bond donors (Lipinski definition) is 1. The largest absolute Gasteiger partial charge is 0.339 e. The van der Waals surface area contributed by atoms with E-state index in [4.69, 9.17) is 4.52 Å². The van der Waals surface area contributed by atoms with E-state index < -0.39 is 0 Å². The lowest BCUT2D eigenvalue weighted by molar-refractivity contribution is 0.360. The van der Waals surface area contributed by atoms with E-state index in [2.05, 4.69) is 35.6 Å². The molecular weight excluding hydrogens is 246 g/mol. The summed E-state index contributed by atoms with van der Waals surface area (Å²) in [6, 6.07) is 0.381. The first-order valence-electron chi connectivity index (χ1n) is 5.16. The molecule has 1 aromatic heterocycles. The van der Waals surface area contributed by atoms with Crippen LogP contribution < -0.4 is 5.32 Å². The molecule has 0 radical (unpaired) electrons. The highest BCUT2D eigenvalue weighted by atomic mass is 35.5. The van der Waals surface area contributed by atoms with Crippen LogP contribution in [0.3, 0.4) is 0 Å². The first kappa shape index (κ1) is 15.7. The Labute approximate surface area is 107 Å². The smallest absolute Gasteiger partial charge is 0.230 e. The summed E-state index contributed by atoms with van der Waals surface area (Å²) >= 11 is 1.79. The van der Waals surface area contributed by atoms with Crippen molar-refractivity contribution in [3.63, 3.8) is 0 Å². The van der Waals surface area contributed by atoms with Crippen molar-refractivity contribution in [2.75, 3.05) is 19.1 Å². The van der Waals surface area contributed by atoms with Crippen molar-refractivity contribution in [2.24, 2.45) is 0 Å². The Kier molecular flexibility index (Phi) is 7.80. The normalized spacial score (nSPS) is 14.2. The maximum atomic E-state index is 5.22. The first-order chi connectivity index (χ1) is 7.17. The zero-order valence-electron chi connectivity index (χ0n) is 10.2. The van der Waals surface area contributed by atoms with Gasteiger partial charge in [-0.2, -0.15) is 16.7 Å². The molecule has 1 rings (SSSR count). The van der Waals surface area contributed by atoms with E-state index >= 15 is 0 Å². The summed E-state index contributed by atoms with van der Waals surface area (Å²) in [6.45, 7) is 4.21. The third kappa shape index (κ3) is 4.72. The van der Waals surface area contributed by atoms with Gasteiger partial charge in [-0.25, -0.2) is 0 Å². The second kappa shape index (κ2) is 7.92. The van der Waals surface area contributed by atoms with Crippen molar-refractivity contribution in [3.05, 3.63) is 11.7 Å². The van der Waals surface area contributed by atoms with Crippen LogP contribution in [0.4, 0.5) is 0 Å². The molecule has 6 heteroatoms. The quantitative estimate of drug-likeness (QED) is 0.854. The fourth-order valence-electron chi connectivity index (χ4n) is 1.25. The van der Waals surface area contributed by atoms with Crippen LogP contribution in [-0.4, -0.2) is 35.2 Å². The molecular formula is C10H20ClN3OS. The highest BCUT2D eigenvalue weighted by Crippen LogP contribution is 2.17. The van der Waals surface area contributed by atoms with E-state index in [1.54, 1.807) is 11.8 Å². The van der Waals surface area contributed by atoms with Crippen molar-refractivity contribution in [2.45, 2.75) is 32.2 Å². The molecule has 16 heavy (non-hydrogen) atoms. The van der Waals surface area contributed by atoms with Crippen molar-refractivity contribution in [1.82, 2.24) is 15.5 Å². The number of halogens is 1. The van der Waals surface area contributed by atoms with Crippen LogP contribution in [0, 0.1) is 0 Å². The molecule has 0 saturated carbocycles. The number of nitrogens with one attached hydrogen (secondary N) is 1. The molecule has 0 fully saturated rings. The Balaban J connectivity index is 0.00000225. The molecule has 1 heterocycles. The van der Waals surface area contributed by atoms with Crippen molar-refractivity contribution < 1.29 is 4.52 Å². The van der Waals surface area contributed by atoms with Gasteiger partial charge in [0.2, 0.25) is 5.89 Å². The molecule has 1 aromatic rings. The Morgan fingerprint density at radius 2 is 2.12 bits per heavy atom. The summed E-state index contributed by atoms with van der Waals surface area (Å²) in [5, 5.41) is 7.12. The minimum Gasteiger partial charge on any atom is -0.339 e. The number of hydrogen-bond acceptors (Lipinski definition) is 5. The number of thioether (sulfide) groups is 1. The van der Waals surface area contributed by atoms with Gasteiger partial charge in [0.1, 0.15) is 0 Å². The average molecular weight is 266 g/mol. The van der Waals surface area contributed by atoms with Gasteiger partial charge in [0.25, 0.3) is 0 Å². The van der Waals surface area contributed by atoms with Gasteiger partial charge in [0, 0.05) is 24.1 Å². The van der Waals surface area contributed by atoms with Crippen LogP contribution >= 0.6 is 24.2 Å². The van der Waals surface area contributed by atoms with Crippen LogP contribution in [0.25, 0.3) is 0 Å². The standard InChI is InChI=1S/C10H19N3OS.ClH/c1-7(6-15-4)10-12-9(13-14-10)5-8(2)11-3;/h7-8,11H,5-6H2,1-4H3;1H. The molecule has 0 aromatic carbocycles. The third-order valence-electron chi connectivity index (χ3n) is 2.30. The zero-order chi connectivity index (χ0) is 11.3. The average Bonchev–Trinajstić information content (AvgIpc) is 2.66. The summed E-state index contributed by atoms with van der Waals surface area (Å²) in [4.78, 5) is 4.39. The molecule has 0 aliphatic carbocycles. The number of likely N-dealkylation sites (N-methyl/N-ethyl adjacent to an activating group) is 1. The van der Waals surface area contributed by atoms with E-state index in [0.717, 1.165) is 23.9 Å². The molecule has 2 unspecified atom stereocenters. The molecule has 0 aliphatic rings. The summed E-state index contributed by atoms with van der Waals surface area (Å²) < 4.78 is 5.22. The van der Waals surface area contributed by atoms with Crippen molar-refractivity contribution in [3.8, 4) is 0 Å². The molecule has 0 amide bonds. The van der Waals surface area contributed by atoms with Crippen LogP contribution in [0.15, 0.2) is 4.52 Å². The lowest BCUT2D eigenvalue weighted by Crippen LogP contribution is -2.24. The van der Waals surface area contributed by atoms with Gasteiger partial charge in [0.15, 0.2) is 5.82 Å². The van der Waals surface area contributed by atoms with Crippen LogP contribution in [-0.2, 0) is 6.42 Å². The molecule has 0 saturated heterocycles. The van der Waals surface area contributed by atoms with Gasteiger partial charge in [-0.05, 0) is 20.2 Å². The Bertz CT molecular complexity index is 295.